The molecule has 0 aliphatic heterocycles. The molecule has 8 aromatic rings. The Morgan fingerprint density at radius 1 is 0.784 bits per heavy atom. The number of para-hydroxylation sites is 1. The highest BCUT2D eigenvalue weighted by atomic mass is 35.5. The molecule has 9 rings (SSSR count). The normalized spacial score (nSPS) is 14.2. The Balaban J connectivity index is 0.000000170. The van der Waals surface area contributed by atoms with Crippen LogP contribution < -0.4 is 19.9 Å². The van der Waals surface area contributed by atoms with Crippen LogP contribution in [0.15, 0.2) is 133 Å². The Morgan fingerprint density at radius 2 is 1.39 bits per heavy atom. The number of carboxylic acid groups (broad SMARTS) is 2. The number of alkyl halides is 1. The summed E-state index contributed by atoms with van der Waals surface area (Å²) in [7, 11) is 6.28. The Labute approximate surface area is 435 Å². The number of halogens is 1. The van der Waals surface area contributed by atoms with E-state index in [-0.39, 0.29) is 47.1 Å². The summed E-state index contributed by atoms with van der Waals surface area (Å²) < 4.78 is 4.56. The number of carbonyl (C=O) groups excluding carboxylic acids is 1. The summed E-state index contributed by atoms with van der Waals surface area (Å²) in [6.45, 7) is 6.71. The molecule has 1 aliphatic carbocycles. The lowest BCUT2D eigenvalue weighted by Crippen LogP contribution is -2.44. The van der Waals surface area contributed by atoms with Gasteiger partial charge in [-0.25, -0.2) is 14.4 Å². The van der Waals surface area contributed by atoms with Gasteiger partial charge in [-0.05, 0) is 133 Å². The zero-order chi connectivity index (χ0) is 53.2. The molecule has 15 heteroatoms. The lowest BCUT2D eigenvalue weighted by atomic mass is 9.87. The number of aromatic nitrogens is 2. The molecule has 1 fully saturated rings. The van der Waals surface area contributed by atoms with E-state index in [1.807, 2.05) is 0 Å². The van der Waals surface area contributed by atoms with E-state index in [1.165, 1.54) is 57.1 Å². The molecule has 382 valence electrons. The third-order valence-corrected chi connectivity index (χ3v) is 13.8. The van der Waals surface area contributed by atoms with E-state index in [1.54, 1.807) is 48.5 Å². The van der Waals surface area contributed by atoms with Crippen LogP contribution in [0.1, 0.15) is 87.1 Å². The van der Waals surface area contributed by atoms with Crippen LogP contribution in [0.2, 0.25) is 0 Å². The fraction of sp³-hybridized carbons (Fsp3) is 0.254. The van der Waals surface area contributed by atoms with Gasteiger partial charge < -0.3 is 35.2 Å². The average molecular weight is 1020 g/mol. The molecule has 2 heterocycles. The number of hydrogen-bond acceptors (Lipinski definition) is 8. The number of nitrogens with zero attached hydrogens (tertiary/aromatic N) is 5. The topological polar surface area (TPSA) is 192 Å². The molecule has 6 aromatic carbocycles. The first-order valence-electron chi connectivity index (χ1n) is 24.4. The number of nitrogens with one attached hydrogen (secondary N) is 1. The van der Waals surface area contributed by atoms with E-state index in [0.717, 1.165) is 36.6 Å². The summed E-state index contributed by atoms with van der Waals surface area (Å²) in [6.07, 6.45) is 8.51. The van der Waals surface area contributed by atoms with Crippen molar-refractivity contribution < 1.29 is 39.4 Å². The van der Waals surface area contributed by atoms with Crippen LogP contribution in [0.3, 0.4) is 0 Å². The van der Waals surface area contributed by atoms with Crippen molar-refractivity contribution >= 4 is 79.9 Å². The largest absolute Gasteiger partial charge is 0.872 e. The number of anilines is 1. The maximum Gasteiger partial charge on any atom is 0.340 e. The van der Waals surface area contributed by atoms with Gasteiger partial charge in [0.2, 0.25) is 11.2 Å². The zero-order valence-corrected chi connectivity index (χ0v) is 43.1. The van der Waals surface area contributed by atoms with Gasteiger partial charge in [-0.15, -0.1) is 16.5 Å². The molecule has 0 radical (unpaired) electrons. The first-order valence-corrected chi connectivity index (χ1v) is 25.0. The number of carbonyl (C=O) groups is 3. The third-order valence-electron chi connectivity index (χ3n) is 13.6. The summed E-state index contributed by atoms with van der Waals surface area (Å²) in [5, 5.41) is 52.3. The Morgan fingerprint density at radius 3 is 2.00 bits per heavy atom. The van der Waals surface area contributed by atoms with Gasteiger partial charge in [-0.2, -0.15) is 9.58 Å². The smallest absolute Gasteiger partial charge is 0.340 e. The number of fused-ring (bicyclic) bond motifs is 3. The summed E-state index contributed by atoms with van der Waals surface area (Å²) >= 11 is 5.46. The molecule has 1 saturated carbocycles. The van der Waals surface area contributed by atoms with Crippen LogP contribution in [0.4, 0.5) is 10.5 Å². The fourth-order valence-electron chi connectivity index (χ4n) is 9.54. The van der Waals surface area contributed by atoms with E-state index < -0.39 is 29.5 Å². The van der Waals surface area contributed by atoms with Gasteiger partial charge in [-0.3, -0.25) is 0 Å². The third kappa shape index (κ3) is 12.2. The summed E-state index contributed by atoms with van der Waals surface area (Å²) in [6, 6.07) is 40.0. The second-order valence-electron chi connectivity index (χ2n) is 18.8. The second-order valence-corrected chi connectivity index (χ2v) is 19.2. The molecule has 0 atom stereocenters. The Hall–Kier alpha value is -8.23. The molecule has 0 saturated heterocycles. The first kappa shape index (κ1) is 53.6. The number of pyridine rings is 1. The molecule has 4 N–H and O–H groups in total. The average Bonchev–Trinajstić information content (AvgIpc) is 3.68. The Kier molecular flexibility index (Phi) is 17.4. The highest BCUT2D eigenvalue weighted by Gasteiger charge is 2.23. The predicted octanol–water partition coefficient (Wildman–Crippen LogP) is 11.6. The molecular formula is C59H61ClN6O8. The van der Waals surface area contributed by atoms with E-state index >= 15 is 0 Å². The minimum absolute atomic E-state index is 0.103. The number of carboxylic acids is 2. The van der Waals surface area contributed by atoms with E-state index in [2.05, 4.69) is 145 Å². The van der Waals surface area contributed by atoms with Crippen LogP contribution in [-0.2, 0) is 13.5 Å². The van der Waals surface area contributed by atoms with E-state index in [9.17, 15) is 39.7 Å². The van der Waals surface area contributed by atoms with Crippen molar-refractivity contribution in [3.8, 4) is 17.2 Å². The van der Waals surface area contributed by atoms with Crippen molar-refractivity contribution in [2.75, 3.05) is 31.4 Å². The number of nitroso groups, excluding NO2 is 1. The zero-order valence-electron chi connectivity index (χ0n) is 42.4. The number of benzene rings is 6. The lowest BCUT2D eigenvalue weighted by Gasteiger charge is -2.27. The van der Waals surface area contributed by atoms with Gasteiger partial charge in [-0.1, -0.05) is 79.4 Å². The first-order chi connectivity index (χ1) is 35.5. The summed E-state index contributed by atoms with van der Waals surface area (Å²) in [4.78, 5) is 47.3. The number of phenols is 1. The standard InChI is InChI=1S/C26H28N3.C23H16O6.C10H18ClN3O2/c1-19-17-21(20(2)29(19)24-9-7-6-8-10-24)11-13-23-14-12-22-18-25(27(3)4)15-16-26(22)28(23)5;24-20-16(14-7-3-1-5-12(14)9-18(20)22(26)27)11-17-15-8-4-2-6-13(15)10-19(21(17)25)23(28)29;1-8-2-4-9(5-3-8)12-10(15)14(13-16)7-6-11/h6-18H,1-5H3;1-10,24-25H,11H2,(H,26,27)(H,28,29);8-9H,2-7H2,1H3,(H,12,15)/q+1;;/p-1. The molecule has 2 amide bonds. The van der Waals surface area contributed by atoms with Crippen molar-refractivity contribution in [1.29, 1.82) is 0 Å². The fourth-order valence-corrected chi connectivity index (χ4v) is 9.70. The number of urea groups is 1. The number of amides is 2. The summed E-state index contributed by atoms with van der Waals surface area (Å²) in [5.74, 6) is -2.77. The molecule has 1 aliphatic rings. The number of aromatic carboxylic acids is 2. The molecule has 0 spiro atoms. The molecule has 74 heavy (non-hydrogen) atoms. The van der Waals surface area contributed by atoms with Crippen molar-refractivity contribution in [2.24, 2.45) is 18.3 Å². The monoisotopic (exact) mass is 1020 g/mol. The van der Waals surface area contributed by atoms with Crippen molar-refractivity contribution in [3.05, 3.63) is 177 Å². The van der Waals surface area contributed by atoms with Gasteiger partial charge in [0.05, 0.1) is 17.4 Å². The van der Waals surface area contributed by atoms with Gasteiger partial charge >= 0.3 is 18.0 Å². The van der Waals surface area contributed by atoms with Gasteiger partial charge in [0, 0.05) is 84.4 Å². The maximum absolute atomic E-state index is 12.9. The van der Waals surface area contributed by atoms with Gasteiger partial charge in [0.15, 0.2) is 0 Å². The van der Waals surface area contributed by atoms with Crippen molar-refractivity contribution in [2.45, 2.75) is 58.9 Å². The predicted molar refractivity (Wildman–Crippen MR) is 293 cm³/mol. The molecule has 14 nitrogen and oxygen atoms in total. The quantitative estimate of drug-likeness (QED) is 0.0399. The van der Waals surface area contributed by atoms with Crippen LogP contribution in [0, 0.1) is 24.7 Å². The Bertz CT molecular complexity index is 3280. The minimum Gasteiger partial charge on any atom is -0.872 e. The summed E-state index contributed by atoms with van der Waals surface area (Å²) in [5.41, 5.74) is 8.40. The number of hydrogen-bond donors (Lipinski definition) is 4. The number of aryl methyl sites for hydroxylation is 2. The highest BCUT2D eigenvalue weighted by Crippen LogP contribution is 2.38. The van der Waals surface area contributed by atoms with E-state index in [0.29, 0.717) is 21.5 Å². The number of rotatable bonds is 12. The van der Waals surface area contributed by atoms with E-state index in [4.69, 9.17) is 11.6 Å². The van der Waals surface area contributed by atoms with Crippen molar-refractivity contribution in [3.63, 3.8) is 0 Å². The highest BCUT2D eigenvalue weighted by molar-refractivity contribution is 6.18. The van der Waals surface area contributed by atoms with Crippen LogP contribution >= 0.6 is 11.6 Å². The van der Waals surface area contributed by atoms with Crippen LogP contribution in [-0.4, -0.2) is 75.4 Å². The molecular weight excluding hydrogens is 956 g/mol. The van der Waals surface area contributed by atoms with Gasteiger partial charge in [0.25, 0.3) is 0 Å². The molecule has 0 unspecified atom stereocenters. The van der Waals surface area contributed by atoms with Crippen LogP contribution in [0.5, 0.6) is 11.5 Å². The second kappa shape index (κ2) is 24.0. The molecule has 2 aromatic heterocycles. The van der Waals surface area contributed by atoms with Crippen LogP contribution in [0.25, 0.3) is 50.3 Å². The SMILES string of the molecule is CC1CCC(NC(=O)N(CCCl)N=O)CC1.Cc1cc(C=Cc2ccc3cc(N(C)C)ccc3[n+]2C)c(C)n1-c1ccccc1.O=C(O)c1cc2ccccc2c(Cc2c(O)c(C(=O)O)cc3ccccc23)c1[O-]. The van der Waals surface area contributed by atoms with Crippen molar-refractivity contribution in [1.82, 2.24) is 14.9 Å². The maximum atomic E-state index is 12.9. The van der Waals surface area contributed by atoms with Gasteiger partial charge in [0.1, 0.15) is 18.4 Å². The lowest BCUT2D eigenvalue weighted by molar-refractivity contribution is -0.646. The molecule has 0 bridgehead atoms. The minimum atomic E-state index is -1.34. The number of aromatic hydroxyl groups is 1.